The van der Waals surface area contributed by atoms with Crippen molar-refractivity contribution in [2.75, 3.05) is 0 Å². The van der Waals surface area contributed by atoms with Crippen LogP contribution in [-0.4, -0.2) is 16.3 Å². The van der Waals surface area contributed by atoms with E-state index in [1.165, 1.54) is 11.1 Å². The fourth-order valence-electron chi connectivity index (χ4n) is 9.74. The first-order valence-electron chi connectivity index (χ1n) is 21.2. The molecule has 301 valence electrons. The summed E-state index contributed by atoms with van der Waals surface area (Å²) in [6, 6.07) is 50.7. The Morgan fingerprint density at radius 3 is 1.25 bits per heavy atom. The topological polar surface area (TPSA) is 58.2 Å². The number of rotatable bonds is 13. The number of fused-ring (bicyclic) bond motifs is 2. The number of amides is 2. The number of halogens is 2. The van der Waals surface area contributed by atoms with Crippen molar-refractivity contribution < 1.29 is 25.8 Å². The Morgan fingerprint density at radius 1 is 0.500 bits per heavy atom. The summed E-state index contributed by atoms with van der Waals surface area (Å²) in [5, 5.41) is 6.61. The van der Waals surface area contributed by atoms with Gasteiger partial charge in [0.25, 0.3) is 0 Å². The van der Waals surface area contributed by atoms with Gasteiger partial charge in [0.15, 0.2) is 0 Å². The Labute approximate surface area is 363 Å². The monoisotopic (exact) mass is 905 g/mol. The van der Waals surface area contributed by atoms with Crippen LogP contribution in [-0.2, 0) is 38.6 Å². The Kier molecular flexibility index (Phi) is 12.1. The molecular weight excluding hydrogens is 858 g/mol. The molecule has 0 aromatic heterocycles. The van der Waals surface area contributed by atoms with Gasteiger partial charge in [0.2, 0.25) is 0 Å². The zero-order valence-electron chi connectivity index (χ0n) is 34.6. The molecule has 2 N–H and O–H groups in total. The number of hydrogen-bond acceptors (Lipinski definition) is 2. The second kappa shape index (κ2) is 17.3. The molecule has 2 unspecified atom stereocenters. The summed E-state index contributed by atoms with van der Waals surface area (Å²) in [6.07, 6.45) is 6.69. The van der Waals surface area contributed by atoms with Crippen LogP contribution in [0.1, 0.15) is 92.3 Å². The van der Waals surface area contributed by atoms with E-state index < -0.39 is 27.9 Å². The minimum absolute atomic E-state index is 0.193. The first-order valence-corrected chi connectivity index (χ1v) is 31.8. The third-order valence-corrected chi connectivity index (χ3v) is 32.3. The van der Waals surface area contributed by atoms with E-state index in [4.69, 9.17) is 17.0 Å². The molecule has 0 saturated heterocycles. The maximum atomic E-state index is 13.9. The van der Waals surface area contributed by atoms with Crippen LogP contribution < -0.4 is 10.5 Å². The number of hydrogen-bond donors (Lipinski definition) is 2. The van der Waals surface area contributed by atoms with Gasteiger partial charge in [-0.3, -0.25) is 0 Å². The van der Waals surface area contributed by atoms with Gasteiger partial charge in [-0.15, -0.1) is 0 Å². The van der Waals surface area contributed by atoms with Crippen LogP contribution in [0.25, 0.3) is 45.6 Å². The molecule has 2 amide bonds. The normalized spacial score (nSPS) is 16.1. The SMILES string of the molecule is CCC(=O)N[B](NC(=O)CC)[Zr]([Cl])([Cl])([CH]1C(c2ccccc2)=Cc2c(-c3ccccc3CC)cccc21)[CH]1C(c2ccccc2)=Cc2c(-c3ccccc3CC)cccc21. The molecule has 8 rings (SSSR count). The Bertz CT molecular complexity index is 2480. The van der Waals surface area contributed by atoms with E-state index in [0.29, 0.717) is 0 Å². The number of benzene rings is 6. The second-order valence-electron chi connectivity index (χ2n) is 15.9. The molecule has 6 aromatic rings. The summed E-state index contributed by atoms with van der Waals surface area (Å²) in [4.78, 5) is 27.9. The molecule has 8 heteroatoms. The van der Waals surface area contributed by atoms with Crippen LogP contribution in [0.15, 0.2) is 146 Å². The molecule has 0 radical (unpaired) electrons. The zero-order valence-corrected chi connectivity index (χ0v) is 38.6. The molecule has 0 heterocycles. The Hall–Kier alpha value is -4.73. The van der Waals surface area contributed by atoms with E-state index in [2.05, 4.69) is 146 Å². The van der Waals surface area contributed by atoms with E-state index in [1.54, 1.807) is 0 Å². The second-order valence-corrected chi connectivity index (χ2v) is 37.3. The average molecular weight is 908 g/mol. The van der Waals surface area contributed by atoms with Crippen molar-refractivity contribution in [3.8, 4) is 22.3 Å². The van der Waals surface area contributed by atoms with Crippen molar-refractivity contribution in [1.29, 1.82) is 0 Å². The van der Waals surface area contributed by atoms with E-state index in [0.717, 1.165) is 79.6 Å². The van der Waals surface area contributed by atoms with Gasteiger partial charge < -0.3 is 0 Å². The summed E-state index contributed by atoms with van der Waals surface area (Å²) in [5.74, 6) is -0.470. The molecule has 6 aromatic carbocycles. The Balaban J connectivity index is 1.51. The predicted molar refractivity (Wildman–Crippen MR) is 251 cm³/mol. The fraction of sp³-hybridized carbons (Fsp3) is 0.192. The van der Waals surface area contributed by atoms with E-state index in [9.17, 15) is 9.59 Å². The summed E-state index contributed by atoms with van der Waals surface area (Å²) in [5.41, 5.74) is 15.1. The fourth-order valence-corrected chi connectivity index (χ4v) is 29.5. The zero-order chi connectivity index (χ0) is 42.0. The van der Waals surface area contributed by atoms with Crippen molar-refractivity contribution in [3.05, 3.63) is 190 Å². The van der Waals surface area contributed by atoms with Crippen LogP contribution in [0.4, 0.5) is 0 Å². The number of nitrogens with one attached hydrogen (secondary N) is 2. The van der Waals surface area contributed by atoms with Gasteiger partial charge in [0.05, 0.1) is 0 Å². The van der Waals surface area contributed by atoms with Crippen molar-refractivity contribution in [2.45, 2.75) is 60.6 Å². The van der Waals surface area contributed by atoms with E-state index in [-0.39, 0.29) is 24.7 Å². The molecule has 0 saturated carbocycles. The Morgan fingerprint density at radius 2 is 0.867 bits per heavy atom. The summed E-state index contributed by atoms with van der Waals surface area (Å²) in [6.45, 7) is 8.00. The molecule has 4 nitrogen and oxygen atoms in total. The number of allylic oxidation sites excluding steroid dienone is 2. The van der Waals surface area contributed by atoms with Gasteiger partial charge in [-0.25, -0.2) is 0 Å². The standard InChI is InChI=1S/2C23H19.C6H11BN2O2.2ClH.Zr/c2*1-2-17-9-6-7-13-21(17)22-14-8-12-19-15-20(16-23(19)22)18-10-4-3-5-11-18;1-3-5(10)8-7-9-6(11)4-2;;;/h2*3-16H,2H2,1H3;3-4H2,1-2H3,(H-,8,9,10,11);2*1H;/q;;;;;+1/p-1. The first kappa shape index (κ1) is 42.0. The maximum absolute atomic E-state index is 13.9. The average Bonchev–Trinajstić information content (AvgIpc) is 3.91. The van der Waals surface area contributed by atoms with Crippen molar-refractivity contribution >= 4 is 56.7 Å². The molecule has 60 heavy (non-hydrogen) atoms. The number of carbonyl (C=O) groups is 2. The first-order chi connectivity index (χ1) is 29.1. The van der Waals surface area contributed by atoms with E-state index >= 15 is 0 Å². The van der Waals surface area contributed by atoms with Crippen molar-refractivity contribution in [2.24, 2.45) is 0 Å². The van der Waals surface area contributed by atoms with Crippen LogP contribution in [0.5, 0.6) is 0 Å². The number of aryl methyl sites for hydroxylation is 2. The van der Waals surface area contributed by atoms with E-state index in [1.807, 2.05) is 50.2 Å². The summed E-state index contributed by atoms with van der Waals surface area (Å²) in [7, 11) is 18.2. The molecule has 2 atom stereocenters. The van der Waals surface area contributed by atoms with Crippen molar-refractivity contribution in [1.82, 2.24) is 10.5 Å². The minimum atomic E-state index is -6.31. The van der Waals surface area contributed by atoms with Crippen LogP contribution in [0, 0.1) is 0 Å². The summed E-state index contributed by atoms with van der Waals surface area (Å²) < 4.78 is -2.20. The third kappa shape index (κ3) is 7.29. The van der Waals surface area contributed by atoms with Crippen molar-refractivity contribution in [3.63, 3.8) is 0 Å². The molecule has 0 bridgehead atoms. The molecule has 2 aliphatic carbocycles. The molecule has 0 spiro atoms. The third-order valence-electron chi connectivity index (χ3n) is 12.6. The van der Waals surface area contributed by atoms with Crippen LogP contribution >= 0.6 is 17.0 Å². The van der Waals surface area contributed by atoms with Gasteiger partial charge in [-0.05, 0) is 0 Å². The van der Waals surface area contributed by atoms with Gasteiger partial charge in [-0.2, -0.15) is 0 Å². The van der Waals surface area contributed by atoms with Crippen LogP contribution in [0.3, 0.4) is 0 Å². The predicted octanol–water partition coefficient (Wildman–Crippen LogP) is 13.1. The van der Waals surface area contributed by atoms with Gasteiger partial charge in [0, 0.05) is 0 Å². The summed E-state index contributed by atoms with van der Waals surface area (Å²) >= 11 is -6.31. The molecule has 0 aliphatic heterocycles. The molecule has 0 fully saturated rings. The number of carbonyl (C=O) groups excluding carboxylic acids is 2. The van der Waals surface area contributed by atoms with Crippen LogP contribution in [0.2, 0.25) is 0 Å². The van der Waals surface area contributed by atoms with Gasteiger partial charge in [0.1, 0.15) is 0 Å². The molecular formula is C52H50BCl2N2O2Zr. The molecule has 2 aliphatic rings. The quantitative estimate of drug-likeness (QED) is 0.113. The van der Waals surface area contributed by atoms with Gasteiger partial charge in [-0.1, -0.05) is 0 Å². The van der Waals surface area contributed by atoms with Gasteiger partial charge >= 0.3 is 366 Å².